The van der Waals surface area contributed by atoms with Gasteiger partial charge in [0, 0.05) is 0 Å². The van der Waals surface area contributed by atoms with Crippen molar-refractivity contribution in [1.82, 2.24) is 0 Å². The van der Waals surface area contributed by atoms with Crippen LogP contribution >= 0.6 is 0 Å². The van der Waals surface area contributed by atoms with Gasteiger partial charge in [-0.05, 0) is 20.3 Å². The summed E-state index contributed by atoms with van der Waals surface area (Å²) in [6, 6.07) is 0. The fraction of sp³-hybridized carbons (Fsp3) is 0.667. The zero-order valence-corrected chi connectivity index (χ0v) is 7.71. The molecular weight excluding hydrogens is 156 g/mol. The van der Waals surface area contributed by atoms with E-state index in [1.54, 1.807) is 19.9 Å². The molecule has 12 heavy (non-hydrogen) atoms. The second kappa shape index (κ2) is 6.85. The average molecular weight is 172 g/mol. The number of hydrogen-bond acceptors (Lipinski definition) is 3. The Morgan fingerprint density at radius 2 is 2.33 bits per heavy atom. The van der Waals surface area contributed by atoms with E-state index in [2.05, 4.69) is 6.58 Å². The van der Waals surface area contributed by atoms with E-state index in [4.69, 9.17) is 9.47 Å². The van der Waals surface area contributed by atoms with Gasteiger partial charge in [-0.1, -0.05) is 6.08 Å². The molecule has 0 rings (SSSR count). The highest BCUT2D eigenvalue weighted by atomic mass is 16.6. The predicted octanol–water partition coefficient (Wildman–Crippen LogP) is 1.53. The van der Waals surface area contributed by atoms with Crippen LogP contribution in [-0.2, 0) is 14.3 Å². The molecule has 0 aliphatic heterocycles. The highest BCUT2D eigenvalue weighted by Gasteiger charge is 2.12. The third-order valence-corrected chi connectivity index (χ3v) is 1.31. The van der Waals surface area contributed by atoms with Crippen LogP contribution in [0.1, 0.15) is 20.3 Å². The molecular formula is C9H16O3. The van der Waals surface area contributed by atoms with Gasteiger partial charge in [0.25, 0.3) is 0 Å². The fourth-order valence-electron chi connectivity index (χ4n) is 0.656. The second-order valence-electron chi connectivity index (χ2n) is 2.34. The van der Waals surface area contributed by atoms with Gasteiger partial charge in [-0.3, -0.25) is 0 Å². The normalized spacial score (nSPS) is 12.2. The van der Waals surface area contributed by atoms with Crippen LogP contribution in [0.2, 0.25) is 0 Å². The molecule has 0 aromatic rings. The summed E-state index contributed by atoms with van der Waals surface area (Å²) in [6.45, 7) is 7.91. The van der Waals surface area contributed by atoms with E-state index in [1.165, 1.54) is 0 Å². The van der Waals surface area contributed by atoms with Crippen LogP contribution in [0.3, 0.4) is 0 Å². The van der Waals surface area contributed by atoms with E-state index in [0.29, 0.717) is 13.2 Å². The van der Waals surface area contributed by atoms with Crippen molar-refractivity contribution >= 4 is 5.97 Å². The van der Waals surface area contributed by atoms with Gasteiger partial charge in [0.2, 0.25) is 0 Å². The van der Waals surface area contributed by atoms with Crippen LogP contribution in [0.4, 0.5) is 0 Å². The summed E-state index contributed by atoms with van der Waals surface area (Å²) >= 11 is 0. The van der Waals surface area contributed by atoms with Crippen molar-refractivity contribution in [2.24, 2.45) is 0 Å². The molecule has 1 unspecified atom stereocenters. The lowest BCUT2D eigenvalue weighted by Gasteiger charge is -2.10. The molecule has 0 bridgehead atoms. The van der Waals surface area contributed by atoms with E-state index < -0.39 is 6.10 Å². The Labute approximate surface area is 73.4 Å². The Hall–Kier alpha value is -0.830. The molecule has 0 heterocycles. The summed E-state index contributed by atoms with van der Waals surface area (Å²) < 4.78 is 9.90. The van der Waals surface area contributed by atoms with Gasteiger partial charge in [-0.15, -0.1) is 6.58 Å². The van der Waals surface area contributed by atoms with Gasteiger partial charge < -0.3 is 9.47 Å². The standard InChI is InChI=1S/C9H16O3/c1-4-6-7-12-8(3)9(10)11-5-2/h4,8H,1,5-7H2,2-3H3. The molecule has 3 nitrogen and oxygen atoms in total. The van der Waals surface area contributed by atoms with Crippen molar-refractivity contribution in [2.75, 3.05) is 13.2 Å². The predicted molar refractivity (Wildman–Crippen MR) is 46.9 cm³/mol. The average Bonchev–Trinajstić information content (AvgIpc) is 2.05. The maximum atomic E-state index is 11.0. The molecule has 0 spiro atoms. The summed E-state index contributed by atoms with van der Waals surface area (Å²) in [5.74, 6) is -0.304. The van der Waals surface area contributed by atoms with Crippen molar-refractivity contribution in [2.45, 2.75) is 26.4 Å². The zero-order valence-electron chi connectivity index (χ0n) is 7.71. The molecule has 0 aliphatic rings. The van der Waals surface area contributed by atoms with Gasteiger partial charge in [-0.25, -0.2) is 4.79 Å². The van der Waals surface area contributed by atoms with Crippen LogP contribution in [0.25, 0.3) is 0 Å². The highest BCUT2D eigenvalue weighted by Crippen LogP contribution is 1.95. The summed E-state index contributed by atoms with van der Waals surface area (Å²) in [5.41, 5.74) is 0. The number of carbonyl (C=O) groups is 1. The molecule has 0 radical (unpaired) electrons. The van der Waals surface area contributed by atoms with E-state index in [0.717, 1.165) is 6.42 Å². The largest absolute Gasteiger partial charge is 0.464 e. The summed E-state index contributed by atoms with van der Waals surface area (Å²) in [5, 5.41) is 0. The lowest BCUT2D eigenvalue weighted by Crippen LogP contribution is -2.23. The van der Waals surface area contributed by atoms with Gasteiger partial charge in [0.05, 0.1) is 13.2 Å². The first kappa shape index (κ1) is 11.2. The first-order valence-corrected chi connectivity index (χ1v) is 4.11. The Kier molecular flexibility index (Phi) is 6.38. The number of carbonyl (C=O) groups excluding carboxylic acids is 1. The van der Waals surface area contributed by atoms with Crippen LogP contribution in [0.15, 0.2) is 12.7 Å². The van der Waals surface area contributed by atoms with Crippen LogP contribution in [0.5, 0.6) is 0 Å². The van der Waals surface area contributed by atoms with E-state index >= 15 is 0 Å². The van der Waals surface area contributed by atoms with Crippen molar-refractivity contribution in [3.63, 3.8) is 0 Å². The molecule has 0 amide bonds. The minimum Gasteiger partial charge on any atom is -0.464 e. The highest BCUT2D eigenvalue weighted by molar-refractivity contribution is 5.74. The molecule has 0 N–H and O–H groups in total. The Morgan fingerprint density at radius 1 is 1.67 bits per heavy atom. The lowest BCUT2D eigenvalue weighted by atomic mass is 10.4. The third-order valence-electron chi connectivity index (χ3n) is 1.31. The SMILES string of the molecule is C=CCCOC(C)C(=O)OCC. The van der Waals surface area contributed by atoms with Crippen molar-refractivity contribution in [1.29, 1.82) is 0 Å². The van der Waals surface area contributed by atoms with Gasteiger partial charge in [0.1, 0.15) is 0 Å². The minimum absolute atomic E-state index is 0.304. The second-order valence-corrected chi connectivity index (χ2v) is 2.34. The zero-order chi connectivity index (χ0) is 9.40. The molecule has 1 atom stereocenters. The summed E-state index contributed by atoms with van der Waals surface area (Å²) in [4.78, 5) is 11.0. The van der Waals surface area contributed by atoms with Crippen LogP contribution in [-0.4, -0.2) is 25.3 Å². The Balaban J connectivity index is 3.49. The lowest BCUT2D eigenvalue weighted by molar-refractivity contribution is -0.155. The molecule has 0 saturated carbocycles. The summed E-state index contributed by atoms with van der Waals surface area (Å²) in [7, 11) is 0. The maximum absolute atomic E-state index is 11.0. The fourth-order valence-corrected chi connectivity index (χ4v) is 0.656. The first-order chi connectivity index (χ1) is 5.72. The monoisotopic (exact) mass is 172 g/mol. The number of ether oxygens (including phenoxy) is 2. The third kappa shape index (κ3) is 4.91. The quantitative estimate of drug-likeness (QED) is 0.346. The number of esters is 1. The Morgan fingerprint density at radius 3 is 2.83 bits per heavy atom. The molecule has 0 aromatic carbocycles. The molecule has 3 heteroatoms. The topological polar surface area (TPSA) is 35.5 Å². The molecule has 70 valence electrons. The molecule has 0 saturated heterocycles. The van der Waals surface area contributed by atoms with Crippen molar-refractivity contribution in [3.8, 4) is 0 Å². The van der Waals surface area contributed by atoms with E-state index in [-0.39, 0.29) is 5.97 Å². The van der Waals surface area contributed by atoms with E-state index in [9.17, 15) is 4.79 Å². The van der Waals surface area contributed by atoms with Gasteiger partial charge in [0.15, 0.2) is 6.10 Å². The van der Waals surface area contributed by atoms with Crippen LogP contribution < -0.4 is 0 Å². The smallest absolute Gasteiger partial charge is 0.334 e. The van der Waals surface area contributed by atoms with Crippen molar-refractivity contribution in [3.05, 3.63) is 12.7 Å². The molecule has 0 fully saturated rings. The van der Waals surface area contributed by atoms with Gasteiger partial charge >= 0.3 is 5.97 Å². The van der Waals surface area contributed by atoms with Crippen molar-refractivity contribution < 1.29 is 14.3 Å². The van der Waals surface area contributed by atoms with Crippen LogP contribution in [0, 0.1) is 0 Å². The number of rotatable bonds is 6. The molecule has 0 aromatic heterocycles. The number of hydrogen-bond donors (Lipinski definition) is 0. The maximum Gasteiger partial charge on any atom is 0.334 e. The first-order valence-electron chi connectivity index (χ1n) is 4.11. The minimum atomic E-state index is -0.468. The Bertz CT molecular complexity index is 143. The van der Waals surface area contributed by atoms with E-state index in [1.807, 2.05) is 0 Å². The van der Waals surface area contributed by atoms with Gasteiger partial charge in [-0.2, -0.15) is 0 Å². The molecule has 0 aliphatic carbocycles. The summed E-state index contributed by atoms with van der Waals surface area (Å²) in [6.07, 6.45) is 2.03.